The number of hydrogen-bond acceptors (Lipinski definition) is 0. The monoisotopic (exact) mass is 384 g/mol. The van der Waals surface area contributed by atoms with Crippen LogP contribution in [0.2, 0.25) is 0 Å². The van der Waals surface area contributed by atoms with Crippen LogP contribution in [0.4, 0.5) is 26.3 Å². The maximum Gasteiger partial charge on any atom is 0.416 e. The van der Waals surface area contributed by atoms with Crippen molar-refractivity contribution < 1.29 is 26.3 Å². The zero-order valence-corrected chi connectivity index (χ0v) is 14.6. The molecule has 0 unspecified atom stereocenters. The molecule has 1 aliphatic carbocycles. The van der Waals surface area contributed by atoms with Gasteiger partial charge in [-0.15, -0.1) is 0 Å². The summed E-state index contributed by atoms with van der Waals surface area (Å²) < 4.78 is 78.9. The molecule has 3 rings (SSSR count). The molecule has 0 heterocycles. The number of hydrogen-bond donors (Lipinski definition) is 0. The van der Waals surface area contributed by atoms with Crippen molar-refractivity contribution in [3.63, 3.8) is 0 Å². The molecule has 0 nitrogen and oxygen atoms in total. The number of allylic oxidation sites excluding steroid dienone is 1. The molecular formula is C21H18F6. The highest BCUT2D eigenvalue weighted by Gasteiger charge is 2.37. The van der Waals surface area contributed by atoms with Gasteiger partial charge in [0, 0.05) is 0 Å². The van der Waals surface area contributed by atoms with Crippen LogP contribution in [0.1, 0.15) is 48.4 Å². The minimum atomic E-state index is -4.85. The Bertz CT molecular complexity index is 839. The first-order valence-corrected chi connectivity index (χ1v) is 8.71. The van der Waals surface area contributed by atoms with Crippen molar-refractivity contribution in [1.29, 1.82) is 0 Å². The summed E-state index contributed by atoms with van der Waals surface area (Å²) in [5, 5.41) is 0. The Balaban J connectivity index is 2.13. The zero-order chi connectivity index (χ0) is 19.8. The third-order valence-electron chi connectivity index (χ3n) is 4.71. The van der Waals surface area contributed by atoms with E-state index < -0.39 is 23.5 Å². The van der Waals surface area contributed by atoms with Gasteiger partial charge >= 0.3 is 12.4 Å². The smallest absolute Gasteiger partial charge is 0.166 e. The average Bonchev–Trinajstić information content (AvgIpc) is 3.01. The molecular weight excluding hydrogens is 366 g/mol. The van der Waals surface area contributed by atoms with Gasteiger partial charge in [0.2, 0.25) is 0 Å². The van der Waals surface area contributed by atoms with E-state index in [4.69, 9.17) is 0 Å². The minimum Gasteiger partial charge on any atom is -0.166 e. The molecule has 2 aromatic rings. The molecule has 27 heavy (non-hydrogen) atoms. The van der Waals surface area contributed by atoms with E-state index in [0.29, 0.717) is 12.0 Å². The van der Waals surface area contributed by atoms with E-state index in [1.54, 1.807) is 12.1 Å². The molecule has 0 bridgehead atoms. The lowest BCUT2D eigenvalue weighted by atomic mass is 9.94. The lowest BCUT2D eigenvalue weighted by molar-refractivity contribution is -0.143. The van der Waals surface area contributed by atoms with Crippen molar-refractivity contribution in [2.24, 2.45) is 0 Å². The summed E-state index contributed by atoms with van der Waals surface area (Å²) in [5.74, 6) is 0. The van der Waals surface area contributed by atoms with E-state index in [0.717, 1.165) is 48.1 Å². The topological polar surface area (TPSA) is 0 Å². The second-order valence-electron chi connectivity index (χ2n) is 6.76. The normalized spacial score (nSPS) is 14.3. The molecule has 6 heteroatoms. The molecule has 0 amide bonds. The Morgan fingerprint density at radius 1 is 0.889 bits per heavy atom. The molecule has 0 N–H and O–H groups in total. The van der Waals surface area contributed by atoms with Gasteiger partial charge in [0.1, 0.15) is 0 Å². The Labute approximate surface area is 153 Å². The van der Waals surface area contributed by atoms with Gasteiger partial charge in [0.05, 0.1) is 11.1 Å². The Hall–Kier alpha value is -2.24. The Morgan fingerprint density at radius 3 is 2.07 bits per heavy atom. The van der Waals surface area contributed by atoms with Crippen LogP contribution in [-0.2, 0) is 18.8 Å². The predicted molar refractivity (Wildman–Crippen MR) is 93.1 cm³/mol. The number of benzene rings is 2. The van der Waals surface area contributed by atoms with Crippen molar-refractivity contribution in [2.45, 2.75) is 45.0 Å². The largest absolute Gasteiger partial charge is 0.416 e. The molecule has 0 aromatic heterocycles. The van der Waals surface area contributed by atoms with E-state index in [-0.39, 0.29) is 11.6 Å². The molecule has 0 aliphatic heterocycles. The molecule has 0 fully saturated rings. The van der Waals surface area contributed by atoms with Crippen molar-refractivity contribution in [2.75, 3.05) is 0 Å². The summed E-state index contributed by atoms with van der Waals surface area (Å²) in [6.45, 7) is 2.06. The summed E-state index contributed by atoms with van der Waals surface area (Å²) in [4.78, 5) is 0. The first-order valence-electron chi connectivity index (χ1n) is 8.71. The summed E-state index contributed by atoms with van der Waals surface area (Å²) in [6.07, 6.45) is -4.21. The van der Waals surface area contributed by atoms with E-state index in [2.05, 4.69) is 6.92 Å². The van der Waals surface area contributed by atoms with Crippen molar-refractivity contribution in [3.8, 4) is 11.1 Å². The second-order valence-corrected chi connectivity index (χ2v) is 6.76. The third-order valence-corrected chi connectivity index (χ3v) is 4.71. The highest BCUT2D eigenvalue weighted by atomic mass is 19.4. The fraction of sp³-hybridized carbons (Fsp3) is 0.333. The third kappa shape index (κ3) is 4.20. The van der Waals surface area contributed by atoms with E-state index in [1.165, 1.54) is 0 Å². The molecule has 0 atom stereocenters. The van der Waals surface area contributed by atoms with Gasteiger partial charge in [-0.3, -0.25) is 0 Å². The maximum atomic E-state index is 13.1. The van der Waals surface area contributed by atoms with Crippen LogP contribution in [0.5, 0.6) is 0 Å². The lowest BCUT2D eigenvalue weighted by Gasteiger charge is -2.15. The van der Waals surface area contributed by atoms with Gasteiger partial charge in [-0.25, -0.2) is 0 Å². The van der Waals surface area contributed by atoms with Crippen LogP contribution in [0.25, 0.3) is 17.2 Å². The molecule has 0 spiro atoms. The number of alkyl halides is 6. The molecule has 0 saturated heterocycles. The zero-order valence-electron chi connectivity index (χ0n) is 14.6. The fourth-order valence-corrected chi connectivity index (χ4v) is 3.36. The highest BCUT2D eigenvalue weighted by molar-refractivity contribution is 5.81. The standard InChI is InChI=1S/C21H18F6/c1-2-3-5-13-8-14-6-4-7-18(19(14)9-13)15-10-16(20(22,23)24)12-17(11-15)21(25,26)27/h4,6-7,9-12H,2-3,5,8H2,1H3. The van der Waals surface area contributed by atoms with Gasteiger partial charge < -0.3 is 0 Å². The molecule has 0 saturated carbocycles. The molecule has 2 aromatic carbocycles. The summed E-state index contributed by atoms with van der Waals surface area (Å²) >= 11 is 0. The Kier molecular flexibility index (Phi) is 5.10. The minimum absolute atomic E-state index is 0.0676. The number of fused-ring (bicyclic) bond motifs is 1. The molecule has 144 valence electrons. The van der Waals surface area contributed by atoms with Gasteiger partial charge in [-0.05, 0) is 59.7 Å². The van der Waals surface area contributed by atoms with Crippen LogP contribution in [0.3, 0.4) is 0 Å². The van der Waals surface area contributed by atoms with Gasteiger partial charge in [0.25, 0.3) is 0 Å². The van der Waals surface area contributed by atoms with Crippen LogP contribution in [0, 0.1) is 0 Å². The number of halogens is 6. The van der Waals surface area contributed by atoms with E-state index in [9.17, 15) is 26.3 Å². The summed E-state index contributed by atoms with van der Waals surface area (Å²) in [7, 11) is 0. The number of unbranched alkanes of at least 4 members (excludes halogenated alkanes) is 1. The fourth-order valence-electron chi connectivity index (χ4n) is 3.36. The SMILES string of the molecule is CCCCC1=Cc2c(cccc2-c2cc(C(F)(F)F)cc(C(F)(F)F)c2)C1. The van der Waals surface area contributed by atoms with Crippen LogP contribution in [-0.4, -0.2) is 0 Å². The van der Waals surface area contributed by atoms with E-state index in [1.807, 2.05) is 12.1 Å². The molecule has 1 aliphatic rings. The summed E-state index contributed by atoms with van der Waals surface area (Å²) in [5.41, 5.74) is 0.553. The van der Waals surface area contributed by atoms with Crippen molar-refractivity contribution in [1.82, 2.24) is 0 Å². The van der Waals surface area contributed by atoms with Gasteiger partial charge in [-0.1, -0.05) is 43.2 Å². The van der Waals surface area contributed by atoms with Crippen molar-refractivity contribution >= 4 is 6.08 Å². The Morgan fingerprint density at radius 2 is 1.52 bits per heavy atom. The first kappa shape index (κ1) is 19.5. The van der Waals surface area contributed by atoms with Gasteiger partial charge in [0.15, 0.2) is 0 Å². The average molecular weight is 384 g/mol. The van der Waals surface area contributed by atoms with Crippen molar-refractivity contribution in [3.05, 3.63) is 64.2 Å². The first-order chi connectivity index (χ1) is 12.6. The van der Waals surface area contributed by atoms with E-state index >= 15 is 0 Å². The van der Waals surface area contributed by atoms with Crippen LogP contribution in [0.15, 0.2) is 42.0 Å². The van der Waals surface area contributed by atoms with Crippen LogP contribution < -0.4 is 0 Å². The highest BCUT2D eigenvalue weighted by Crippen LogP contribution is 2.41. The second kappa shape index (κ2) is 7.06. The van der Waals surface area contributed by atoms with Gasteiger partial charge in [-0.2, -0.15) is 26.3 Å². The quantitative estimate of drug-likeness (QED) is 0.478. The lowest BCUT2D eigenvalue weighted by Crippen LogP contribution is -2.11. The maximum absolute atomic E-state index is 13.1. The summed E-state index contributed by atoms with van der Waals surface area (Å²) in [6, 6.07) is 6.87. The predicted octanol–water partition coefficient (Wildman–Crippen LogP) is 7.52. The number of rotatable bonds is 4. The molecule has 0 radical (unpaired) electrons. The van der Waals surface area contributed by atoms with Crippen LogP contribution >= 0.6 is 0 Å².